The molecule has 0 heterocycles. The van der Waals surface area contributed by atoms with Crippen LogP contribution in [-0.4, -0.2) is 11.8 Å². The summed E-state index contributed by atoms with van der Waals surface area (Å²) in [6.45, 7) is 1.86. The molecule has 0 saturated heterocycles. The average Bonchev–Trinajstić information content (AvgIpc) is 2.27. The van der Waals surface area contributed by atoms with Crippen molar-refractivity contribution < 1.29 is 8.78 Å². The highest BCUT2D eigenvalue weighted by atomic mass is 32.2. The summed E-state index contributed by atoms with van der Waals surface area (Å²) >= 11 is 0.483. The molecule has 1 aromatic carbocycles. The SMILES string of the molecule is CCC(C#N)Nc1ccccc1SC(F)F. The van der Waals surface area contributed by atoms with Crippen molar-refractivity contribution in [3.8, 4) is 6.07 Å². The topological polar surface area (TPSA) is 35.8 Å². The molecule has 1 rings (SSSR count). The number of thioether (sulfide) groups is 1. The molecule has 5 heteroatoms. The molecule has 0 aliphatic carbocycles. The lowest BCUT2D eigenvalue weighted by molar-refractivity contribution is 0.252. The van der Waals surface area contributed by atoms with Gasteiger partial charge in [0.2, 0.25) is 0 Å². The molecule has 0 radical (unpaired) electrons. The summed E-state index contributed by atoms with van der Waals surface area (Å²) in [6.07, 6.45) is 0.629. The standard InChI is InChI=1S/C11H12F2N2S/c1-2-8(7-14)15-9-5-3-4-6-10(9)16-11(12)13/h3-6,8,11,15H,2H2,1H3. The van der Waals surface area contributed by atoms with Gasteiger partial charge in [-0.3, -0.25) is 0 Å². The number of hydrogen-bond acceptors (Lipinski definition) is 3. The number of para-hydroxylation sites is 1. The van der Waals surface area contributed by atoms with Crippen LogP contribution in [0.2, 0.25) is 0 Å². The van der Waals surface area contributed by atoms with E-state index in [1.807, 2.05) is 6.92 Å². The van der Waals surface area contributed by atoms with Crippen molar-refractivity contribution in [1.82, 2.24) is 0 Å². The predicted octanol–water partition coefficient (Wildman–Crippen LogP) is 3.72. The average molecular weight is 242 g/mol. The second-order valence-corrected chi connectivity index (χ2v) is 4.14. The van der Waals surface area contributed by atoms with E-state index in [2.05, 4.69) is 11.4 Å². The number of nitrogens with zero attached hydrogens (tertiary/aromatic N) is 1. The zero-order chi connectivity index (χ0) is 12.0. The Morgan fingerprint density at radius 2 is 2.12 bits per heavy atom. The first kappa shape index (κ1) is 12.8. The van der Waals surface area contributed by atoms with Crippen LogP contribution in [0, 0.1) is 11.3 Å². The highest BCUT2D eigenvalue weighted by Crippen LogP contribution is 2.31. The molecule has 0 aromatic heterocycles. The summed E-state index contributed by atoms with van der Waals surface area (Å²) in [6, 6.07) is 8.49. The van der Waals surface area contributed by atoms with Crippen molar-refractivity contribution in [3.05, 3.63) is 24.3 Å². The summed E-state index contributed by atoms with van der Waals surface area (Å²) in [4.78, 5) is 0.464. The highest BCUT2D eigenvalue weighted by Gasteiger charge is 2.11. The molecule has 0 bridgehead atoms. The lowest BCUT2D eigenvalue weighted by Crippen LogP contribution is -2.16. The maximum atomic E-state index is 12.3. The van der Waals surface area contributed by atoms with Crippen LogP contribution in [0.1, 0.15) is 13.3 Å². The number of nitriles is 1. The monoisotopic (exact) mass is 242 g/mol. The molecule has 0 fully saturated rings. The first-order valence-electron chi connectivity index (χ1n) is 4.87. The first-order chi connectivity index (χ1) is 7.67. The van der Waals surface area contributed by atoms with Crippen molar-refractivity contribution in [2.75, 3.05) is 5.32 Å². The van der Waals surface area contributed by atoms with Gasteiger partial charge in [0, 0.05) is 10.6 Å². The van der Waals surface area contributed by atoms with E-state index in [4.69, 9.17) is 5.26 Å². The maximum absolute atomic E-state index is 12.3. The molecular weight excluding hydrogens is 230 g/mol. The zero-order valence-corrected chi connectivity index (χ0v) is 9.60. The van der Waals surface area contributed by atoms with Gasteiger partial charge in [-0.25, -0.2) is 0 Å². The minimum Gasteiger partial charge on any atom is -0.369 e. The van der Waals surface area contributed by atoms with Crippen LogP contribution < -0.4 is 5.32 Å². The van der Waals surface area contributed by atoms with E-state index in [9.17, 15) is 8.78 Å². The van der Waals surface area contributed by atoms with Crippen LogP contribution in [0.5, 0.6) is 0 Å². The lowest BCUT2D eigenvalue weighted by Gasteiger charge is -2.14. The molecule has 1 aromatic rings. The largest absolute Gasteiger partial charge is 0.369 e. The maximum Gasteiger partial charge on any atom is 0.288 e. The molecule has 2 nitrogen and oxygen atoms in total. The Morgan fingerprint density at radius 1 is 1.44 bits per heavy atom. The van der Waals surface area contributed by atoms with Gasteiger partial charge in [-0.2, -0.15) is 14.0 Å². The van der Waals surface area contributed by atoms with E-state index >= 15 is 0 Å². The number of nitrogens with one attached hydrogen (secondary N) is 1. The van der Waals surface area contributed by atoms with Crippen molar-refractivity contribution in [1.29, 1.82) is 5.26 Å². The molecular formula is C11H12F2N2S. The summed E-state index contributed by atoms with van der Waals surface area (Å²) < 4.78 is 24.5. The number of hydrogen-bond donors (Lipinski definition) is 1. The van der Waals surface area contributed by atoms with Crippen LogP contribution in [0.4, 0.5) is 14.5 Å². The fraction of sp³-hybridized carbons (Fsp3) is 0.364. The van der Waals surface area contributed by atoms with Crippen LogP contribution in [0.15, 0.2) is 29.2 Å². The van der Waals surface area contributed by atoms with Gasteiger partial charge in [0.1, 0.15) is 6.04 Å². The van der Waals surface area contributed by atoms with Gasteiger partial charge in [-0.1, -0.05) is 30.8 Å². The summed E-state index contributed by atoms with van der Waals surface area (Å²) in [5.74, 6) is -2.45. The Balaban J connectivity index is 2.82. The highest BCUT2D eigenvalue weighted by molar-refractivity contribution is 7.99. The molecule has 86 valence electrons. The number of halogens is 2. The Morgan fingerprint density at radius 3 is 2.69 bits per heavy atom. The Bertz CT molecular complexity index is 376. The van der Waals surface area contributed by atoms with Crippen molar-refractivity contribution in [2.45, 2.75) is 30.0 Å². The zero-order valence-electron chi connectivity index (χ0n) is 8.78. The quantitative estimate of drug-likeness (QED) is 0.799. The van der Waals surface area contributed by atoms with Gasteiger partial charge < -0.3 is 5.32 Å². The second-order valence-electron chi connectivity index (χ2n) is 3.11. The van der Waals surface area contributed by atoms with Crippen LogP contribution in [-0.2, 0) is 0 Å². The molecule has 1 atom stereocenters. The van der Waals surface area contributed by atoms with Crippen molar-refractivity contribution in [3.63, 3.8) is 0 Å². The van der Waals surface area contributed by atoms with E-state index in [-0.39, 0.29) is 6.04 Å². The minimum atomic E-state index is -2.45. The normalized spacial score (nSPS) is 12.2. The number of alkyl halides is 2. The number of rotatable bonds is 5. The third-order valence-corrected chi connectivity index (χ3v) is 2.79. The Kier molecular flexibility index (Phi) is 5.06. The molecule has 1 unspecified atom stereocenters. The van der Waals surface area contributed by atoms with Crippen LogP contribution in [0.3, 0.4) is 0 Å². The fourth-order valence-corrected chi connectivity index (χ4v) is 1.80. The molecule has 0 spiro atoms. The third-order valence-electron chi connectivity index (χ3n) is 2.00. The summed E-state index contributed by atoms with van der Waals surface area (Å²) in [5.41, 5.74) is 0.584. The lowest BCUT2D eigenvalue weighted by atomic mass is 10.2. The predicted molar refractivity (Wildman–Crippen MR) is 61.6 cm³/mol. The molecule has 0 aliphatic heterocycles. The Hall–Kier alpha value is -1.28. The van der Waals surface area contributed by atoms with Gasteiger partial charge in [-0.05, 0) is 18.6 Å². The molecule has 0 aliphatic rings. The van der Waals surface area contributed by atoms with Gasteiger partial charge >= 0.3 is 0 Å². The number of anilines is 1. The van der Waals surface area contributed by atoms with E-state index in [0.29, 0.717) is 28.8 Å². The second kappa shape index (κ2) is 6.33. The van der Waals surface area contributed by atoms with E-state index < -0.39 is 5.76 Å². The van der Waals surface area contributed by atoms with Gasteiger partial charge in [0.05, 0.1) is 6.07 Å². The van der Waals surface area contributed by atoms with Crippen LogP contribution in [0.25, 0.3) is 0 Å². The summed E-state index contributed by atoms with van der Waals surface area (Å²) in [7, 11) is 0. The van der Waals surface area contributed by atoms with E-state index in [1.54, 1.807) is 24.3 Å². The van der Waals surface area contributed by atoms with Gasteiger partial charge in [-0.15, -0.1) is 0 Å². The van der Waals surface area contributed by atoms with Crippen molar-refractivity contribution in [2.24, 2.45) is 0 Å². The fourth-order valence-electron chi connectivity index (χ4n) is 1.20. The van der Waals surface area contributed by atoms with Gasteiger partial charge in [0.25, 0.3) is 5.76 Å². The van der Waals surface area contributed by atoms with Crippen LogP contribution >= 0.6 is 11.8 Å². The third kappa shape index (κ3) is 3.70. The Labute approximate surface area is 97.7 Å². The molecule has 0 saturated carbocycles. The molecule has 0 amide bonds. The number of benzene rings is 1. The molecule has 1 N–H and O–H groups in total. The smallest absolute Gasteiger partial charge is 0.288 e. The molecule has 16 heavy (non-hydrogen) atoms. The summed E-state index contributed by atoms with van der Waals surface area (Å²) in [5, 5.41) is 11.7. The van der Waals surface area contributed by atoms with Gasteiger partial charge in [0.15, 0.2) is 0 Å². The van der Waals surface area contributed by atoms with Crippen molar-refractivity contribution >= 4 is 17.4 Å². The van der Waals surface area contributed by atoms with E-state index in [0.717, 1.165) is 0 Å². The first-order valence-corrected chi connectivity index (χ1v) is 5.75. The van der Waals surface area contributed by atoms with E-state index in [1.165, 1.54) is 0 Å². The minimum absolute atomic E-state index is 0.348.